The number of hydrogen-bond donors (Lipinski definition) is 1. The fourth-order valence-corrected chi connectivity index (χ4v) is 1.46. The van der Waals surface area contributed by atoms with Gasteiger partial charge in [0.15, 0.2) is 5.65 Å². The van der Waals surface area contributed by atoms with Crippen molar-refractivity contribution in [2.45, 2.75) is 6.92 Å². The molecule has 0 fully saturated rings. The van der Waals surface area contributed by atoms with E-state index in [0.717, 1.165) is 3.70 Å². The SMILES string of the molecule is Cc1nc2c(I)ncnc2[nH]c1=O. The highest BCUT2D eigenvalue weighted by Crippen LogP contribution is 2.09. The minimum atomic E-state index is -0.206. The summed E-state index contributed by atoms with van der Waals surface area (Å²) in [6.07, 6.45) is 1.40. The van der Waals surface area contributed by atoms with E-state index in [0.29, 0.717) is 16.9 Å². The van der Waals surface area contributed by atoms with Crippen molar-refractivity contribution in [2.75, 3.05) is 0 Å². The van der Waals surface area contributed by atoms with Gasteiger partial charge in [-0.2, -0.15) is 0 Å². The van der Waals surface area contributed by atoms with Gasteiger partial charge in [-0.15, -0.1) is 0 Å². The normalized spacial score (nSPS) is 10.6. The molecule has 0 saturated carbocycles. The summed E-state index contributed by atoms with van der Waals surface area (Å²) in [6, 6.07) is 0. The Kier molecular flexibility index (Phi) is 1.98. The second-order valence-corrected chi connectivity index (χ2v) is 3.53. The maximum atomic E-state index is 11.2. The van der Waals surface area contributed by atoms with Gasteiger partial charge in [0.25, 0.3) is 5.56 Å². The molecule has 0 atom stereocenters. The average molecular weight is 288 g/mol. The molecule has 0 saturated heterocycles. The number of halogens is 1. The summed E-state index contributed by atoms with van der Waals surface area (Å²) in [4.78, 5) is 25.8. The van der Waals surface area contributed by atoms with E-state index >= 15 is 0 Å². The van der Waals surface area contributed by atoms with Gasteiger partial charge in [-0.25, -0.2) is 15.0 Å². The number of rotatable bonds is 0. The summed E-state index contributed by atoms with van der Waals surface area (Å²) >= 11 is 2.05. The van der Waals surface area contributed by atoms with Crippen LogP contribution >= 0.6 is 22.6 Å². The smallest absolute Gasteiger partial charge is 0.270 e. The van der Waals surface area contributed by atoms with Crippen molar-refractivity contribution in [3.8, 4) is 0 Å². The number of nitrogens with one attached hydrogen (secondary N) is 1. The Morgan fingerprint density at radius 2 is 2.23 bits per heavy atom. The molecule has 1 N–H and O–H groups in total. The van der Waals surface area contributed by atoms with Crippen molar-refractivity contribution in [1.82, 2.24) is 19.9 Å². The van der Waals surface area contributed by atoms with Gasteiger partial charge in [0, 0.05) is 0 Å². The molecule has 0 radical (unpaired) electrons. The third kappa shape index (κ3) is 1.41. The maximum absolute atomic E-state index is 11.2. The summed E-state index contributed by atoms with van der Waals surface area (Å²) in [5, 5.41) is 0. The van der Waals surface area contributed by atoms with Crippen molar-refractivity contribution in [3.63, 3.8) is 0 Å². The van der Waals surface area contributed by atoms with Crippen LogP contribution in [0.15, 0.2) is 11.1 Å². The zero-order chi connectivity index (χ0) is 9.42. The Morgan fingerprint density at radius 1 is 1.46 bits per heavy atom. The summed E-state index contributed by atoms with van der Waals surface area (Å²) in [6.45, 7) is 1.65. The molecule has 2 aromatic heterocycles. The average Bonchev–Trinajstić information content (AvgIpc) is 2.09. The fourth-order valence-electron chi connectivity index (χ4n) is 0.964. The fraction of sp³-hybridized carbons (Fsp3) is 0.143. The lowest BCUT2D eigenvalue weighted by molar-refractivity contribution is 1.06. The standard InChI is InChI=1S/C7H5IN4O/c1-3-7(13)12-6-4(11-3)5(8)9-2-10-6/h2H,1H3,(H,9,10,12,13). The third-order valence-corrected chi connectivity index (χ3v) is 2.41. The number of hydrogen-bond acceptors (Lipinski definition) is 4. The maximum Gasteiger partial charge on any atom is 0.270 e. The molecule has 66 valence electrons. The van der Waals surface area contributed by atoms with Crippen LogP contribution in [0.3, 0.4) is 0 Å². The number of aromatic nitrogens is 4. The van der Waals surface area contributed by atoms with Crippen LogP contribution in [0.25, 0.3) is 11.2 Å². The summed E-state index contributed by atoms with van der Waals surface area (Å²) in [5.74, 6) is 0. The highest BCUT2D eigenvalue weighted by atomic mass is 127. The molecule has 2 aromatic rings. The topological polar surface area (TPSA) is 71.5 Å². The number of nitrogens with zero attached hydrogens (tertiary/aromatic N) is 3. The molecule has 2 heterocycles. The summed E-state index contributed by atoms with van der Waals surface area (Å²) in [5.41, 5.74) is 1.34. The predicted octanol–water partition coefficient (Wildman–Crippen LogP) is 0.626. The van der Waals surface area contributed by atoms with E-state index in [1.165, 1.54) is 6.33 Å². The monoisotopic (exact) mass is 288 g/mol. The largest absolute Gasteiger partial charge is 0.304 e. The Morgan fingerprint density at radius 3 is 3.00 bits per heavy atom. The van der Waals surface area contributed by atoms with Gasteiger partial charge in [0.05, 0.1) is 0 Å². The van der Waals surface area contributed by atoms with Crippen molar-refractivity contribution in [2.24, 2.45) is 0 Å². The number of H-pyrrole nitrogens is 1. The van der Waals surface area contributed by atoms with Crippen molar-refractivity contribution >= 4 is 33.8 Å². The second kappa shape index (κ2) is 3.02. The van der Waals surface area contributed by atoms with E-state index in [2.05, 4.69) is 42.5 Å². The van der Waals surface area contributed by atoms with Crippen LogP contribution in [-0.2, 0) is 0 Å². The molecule has 2 rings (SSSR count). The summed E-state index contributed by atoms with van der Waals surface area (Å²) in [7, 11) is 0. The van der Waals surface area contributed by atoms with E-state index in [4.69, 9.17) is 0 Å². The zero-order valence-electron chi connectivity index (χ0n) is 6.71. The van der Waals surface area contributed by atoms with Gasteiger partial charge in [-0.3, -0.25) is 4.79 Å². The quantitative estimate of drug-likeness (QED) is 0.570. The molecular formula is C7H5IN4O. The Bertz CT molecular complexity index is 521. The van der Waals surface area contributed by atoms with Crippen LogP contribution in [0.5, 0.6) is 0 Å². The molecular weight excluding hydrogens is 283 g/mol. The van der Waals surface area contributed by atoms with Gasteiger partial charge in [0.2, 0.25) is 0 Å². The molecule has 0 aliphatic rings. The van der Waals surface area contributed by atoms with Crippen LogP contribution in [0.1, 0.15) is 5.69 Å². The van der Waals surface area contributed by atoms with Gasteiger partial charge in [0.1, 0.15) is 21.2 Å². The van der Waals surface area contributed by atoms with Crippen LogP contribution in [0, 0.1) is 10.6 Å². The molecule has 5 nitrogen and oxygen atoms in total. The van der Waals surface area contributed by atoms with Crippen LogP contribution < -0.4 is 5.56 Å². The Labute approximate surface area is 86.8 Å². The zero-order valence-corrected chi connectivity index (χ0v) is 8.86. The van der Waals surface area contributed by atoms with Gasteiger partial charge < -0.3 is 4.98 Å². The van der Waals surface area contributed by atoms with Crippen molar-refractivity contribution < 1.29 is 0 Å². The van der Waals surface area contributed by atoms with Crippen LogP contribution in [0.2, 0.25) is 0 Å². The van der Waals surface area contributed by atoms with Crippen LogP contribution in [-0.4, -0.2) is 19.9 Å². The van der Waals surface area contributed by atoms with Crippen molar-refractivity contribution in [1.29, 1.82) is 0 Å². The molecule has 0 bridgehead atoms. The Balaban J connectivity index is 2.97. The van der Waals surface area contributed by atoms with Gasteiger partial charge in [-0.05, 0) is 29.5 Å². The lowest BCUT2D eigenvalue weighted by atomic mass is 10.4. The molecule has 13 heavy (non-hydrogen) atoms. The minimum Gasteiger partial charge on any atom is -0.304 e. The number of aromatic amines is 1. The molecule has 6 heteroatoms. The van der Waals surface area contributed by atoms with Crippen LogP contribution in [0.4, 0.5) is 0 Å². The lowest BCUT2D eigenvalue weighted by Gasteiger charge is -1.97. The van der Waals surface area contributed by atoms with E-state index in [1.54, 1.807) is 6.92 Å². The first-order valence-corrected chi connectivity index (χ1v) is 4.63. The van der Waals surface area contributed by atoms with Gasteiger partial charge in [-0.1, -0.05) is 0 Å². The highest BCUT2D eigenvalue weighted by Gasteiger charge is 2.04. The first kappa shape index (κ1) is 8.54. The third-order valence-electron chi connectivity index (χ3n) is 1.62. The molecule has 0 aliphatic heterocycles. The van der Waals surface area contributed by atoms with E-state index in [1.807, 2.05) is 0 Å². The van der Waals surface area contributed by atoms with E-state index < -0.39 is 0 Å². The van der Waals surface area contributed by atoms with Gasteiger partial charge >= 0.3 is 0 Å². The molecule has 0 unspecified atom stereocenters. The molecule has 0 aromatic carbocycles. The minimum absolute atomic E-state index is 0.206. The molecule has 0 aliphatic carbocycles. The molecule has 0 spiro atoms. The van der Waals surface area contributed by atoms with E-state index in [-0.39, 0.29) is 5.56 Å². The summed E-state index contributed by atoms with van der Waals surface area (Å²) < 4.78 is 0.738. The lowest BCUT2D eigenvalue weighted by Crippen LogP contribution is -2.13. The molecule has 0 amide bonds. The highest BCUT2D eigenvalue weighted by molar-refractivity contribution is 14.1. The van der Waals surface area contributed by atoms with E-state index in [9.17, 15) is 4.79 Å². The first-order valence-electron chi connectivity index (χ1n) is 3.55. The first-order chi connectivity index (χ1) is 6.18. The number of fused-ring (bicyclic) bond motifs is 1. The predicted molar refractivity (Wildman–Crippen MR) is 55.4 cm³/mol. The Hall–Kier alpha value is -1.05. The number of aryl methyl sites for hydroxylation is 1. The van der Waals surface area contributed by atoms with Crippen molar-refractivity contribution in [3.05, 3.63) is 26.1 Å². The second-order valence-electron chi connectivity index (χ2n) is 2.51.